The Labute approximate surface area is 134 Å². The second-order valence-corrected chi connectivity index (χ2v) is 6.20. The monoisotopic (exact) mass is 294 g/mol. The summed E-state index contributed by atoms with van der Waals surface area (Å²) in [6.45, 7) is 9.18. The van der Waals surface area contributed by atoms with Crippen LogP contribution < -0.4 is 0 Å². The molecule has 0 unspecified atom stereocenters. The van der Waals surface area contributed by atoms with Gasteiger partial charge in [-0.2, -0.15) is 0 Å². The van der Waals surface area contributed by atoms with Gasteiger partial charge in [-0.05, 0) is 24.6 Å². The van der Waals surface area contributed by atoms with Gasteiger partial charge in [-0.1, -0.05) is 67.6 Å². The van der Waals surface area contributed by atoms with Gasteiger partial charge in [-0.25, -0.2) is 0 Å². The van der Waals surface area contributed by atoms with Gasteiger partial charge in [0.1, 0.15) is 0 Å². The lowest BCUT2D eigenvalue weighted by Crippen LogP contribution is -2.52. The third-order valence-corrected chi connectivity index (χ3v) is 4.80. The van der Waals surface area contributed by atoms with Crippen molar-refractivity contribution >= 4 is 0 Å². The van der Waals surface area contributed by atoms with E-state index in [0.717, 1.165) is 26.2 Å². The van der Waals surface area contributed by atoms with Crippen LogP contribution in [0.3, 0.4) is 0 Å². The van der Waals surface area contributed by atoms with Crippen LogP contribution in [0, 0.1) is 0 Å². The van der Waals surface area contributed by atoms with Crippen molar-refractivity contribution in [1.82, 2.24) is 9.80 Å². The Kier molecular flexibility index (Phi) is 4.91. The largest absolute Gasteiger partial charge is 0.298 e. The third-order valence-electron chi connectivity index (χ3n) is 4.80. The highest BCUT2D eigenvalue weighted by molar-refractivity contribution is 5.32. The number of benzene rings is 2. The first-order valence-electron chi connectivity index (χ1n) is 8.37. The Balaban J connectivity index is 1.90. The zero-order valence-electron chi connectivity index (χ0n) is 13.7. The Morgan fingerprint density at radius 3 is 1.91 bits per heavy atom. The second kappa shape index (κ2) is 7.08. The van der Waals surface area contributed by atoms with Gasteiger partial charge in [0.25, 0.3) is 0 Å². The molecule has 0 N–H and O–H groups in total. The molecule has 22 heavy (non-hydrogen) atoms. The van der Waals surface area contributed by atoms with E-state index in [1.54, 1.807) is 0 Å². The van der Waals surface area contributed by atoms with Crippen LogP contribution in [0.1, 0.15) is 31.0 Å². The summed E-state index contributed by atoms with van der Waals surface area (Å²) in [7, 11) is 0. The molecule has 0 radical (unpaired) electrons. The molecule has 0 bridgehead atoms. The molecule has 1 atom stereocenters. The van der Waals surface area contributed by atoms with Crippen LogP contribution in [0.2, 0.25) is 0 Å². The molecule has 1 fully saturated rings. The Hall–Kier alpha value is -1.64. The lowest BCUT2D eigenvalue weighted by Gasteiger charge is -2.43. The van der Waals surface area contributed by atoms with E-state index < -0.39 is 0 Å². The minimum Gasteiger partial charge on any atom is -0.298 e. The lowest BCUT2D eigenvalue weighted by molar-refractivity contribution is 0.0692. The van der Waals surface area contributed by atoms with E-state index in [4.69, 9.17) is 0 Å². The average molecular weight is 294 g/mol. The predicted molar refractivity (Wildman–Crippen MR) is 93.0 cm³/mol. The summed E-state index contributed by atoms with van der Waals surface area (Å²) in [4.78, 5) is 5.21. The van der Waals surface area contributed by atoms with Crippen LogP contribution in [0.25, 0.3) is 0 Å². The summed E-state index contributed by atoms with van der Waals surface area (Å²) < 4.78 is 0. The predicted octanol–water partition coefficient (Wildman–Crippen LogP) is 3.80. The van der Waals surface area contributed by atoms with Gasteiger partial charge in [0.15, 0.2) is 0 Å². The van der Waals surface area contributed by atoms with Crippen LogP contribution in [0.5, 0.6) is 0 Å². The van der Waals surface area contributed by atoms with Crippen molar-refractivity contribution in [2.24, 2.45) is 0 Å². The molecule has 1 heterocycles. The maximum Gasteiger partial charge on any atom is 0.0602 e. The third kappa shape index (κ3) is 3.23. The highest BCUT2D eigenvalue weighted by Gasteiger charge is 2.29. The van der Waals surface area contributed by atoms with Crippen LogP contribution in [0.15, 0.2) is 60.7 Å². The molecule has 1 saturated heterocycles. The van der Waals surface area contributed by atoms with E-state index in [2.05, 4.69) is 84.3 Å². The van der Waals surface area contributed by atoms with Gasteiger partial charge >= 0.3 is 0 Å². The highest BCUT2D eigenvalue weighted by atomic mass is 15.3. The van der Waals surface area contributed by atoms with Crippen LogP contribution in [0.4, 0.5) is 0 Å². The molecule has 0 spiro atoms. The smallest absolute Gasteiger partial charge is 0.0602 e. The molecule has 2 nitrogen and oxygen atoms in total. The normalized spacial score (nSPS) is 20.4. The molecule has 1 aliphatic rings. The Morgan fingerprint density at radius 2 is 1.45 bits per heavy atom. The summed E-state index contributed by atoms with van der Waals surface area (Å²) in [5.74, 6) is 0. The minimum atomic E-state index is 0.365. The number of nitrogens with zero attached hydrogens (tertiary/aromatic N) is 2. The van der Waals surface area contributed by atoms with Gasteiger partial charge in [0, 0.05) is 25.7 Å². The SMILES string of the molecule is CCN1CCN(C(c2ccccc2)c2ccccc2)C[C@H]1C. The Morgan fingerprint density at radius 1 is 0.909 bits per heavy atom. The van der Waals surface area contributed by atoms with E-state index in [0.29, 0.717) is 12.1 Å². The molecular weight excluding hydrogens is 268 g/mol. The van der Waals surface area contributed by atoms with E-state index in [1.165, 1.54) is 11.1 Å². The molecule has 2 aromatic rings. The van der Waals surface area contributed by atoms with Crippen LogP contribution >= 0.6 is 0 Å². The van der Waals surface area contributed by atoms with Crippen molar-refractivity contribution in [2.45, 2.75) is 25.9 Å². The van der Waals surface area contributed by atoms with Gasteiger partial charge < -0.3 is 0 Å². The van der Waals surface area contributed by atoms with E-state index >= 15 is 0 Å². The number of hydrogen-bond donors (Lipinski definition) is 0. The second-order valence-electron chi connectivity index (χ2n) is 6.20. The first kappa shape index (κ1) is 15.3. The average Bonchev–Trinajstić information content (AvgIpc) is 2.57. The molecule has 0 saturated carbocycles. The Bertz CT molecular complexity index is 527. The quantitative estimate of drug-likeness (QED) is 0.846. The summed E-state index contributed by atoms with van der Waals surface area (Å²) in [5.41, 5.74) is 2.79. The fourth-order valence-corrected chi connectivity index (χ4v) is 3.61. The topological polar surface area (TPSA) is 6.48 Å². The molecule has 116 valence electrons. The van der Waals surface area contributed by atoms with Crippen molar-refractivity contribution in [1.29, 1.82) is 0 Å². The number of likely N-dealkylation sites (N-methyl/N-ethyl adjacent to an activating group) is 1. The fourth-order valence-electron chi connectivity index (χ4n) is 3.61. The van der Waals surface area contributed by atoms with E-state index in [1.807, 2.05) is 0 Å². The molecule has 1 aliphatic heterocycles. The number of rotatable bonds is 4. The van der Waals surface area contributed by atoms with Crippen molar-refractivity contribution < 1.29 is 0 Å². The summed E-state index contributed by atoms with van der Waals surface area (Å²) in [6, 6.07) is 22.8. The summed E-state index contributed by atoms with van der Waals surface area (Å²) in [5, 5.41) is 0. The zero-order chi connectivity index (χ0) is 15.4. The van der Waals surface area contributed by atoms with Gasteiger partial charge in [-0.15, -0.1) is 0 Å². The maximum absolute atomic E-state index is 2.64. The maximum atomic E-state index is 2.64. The van der Waals surface area contributed by atoms with E-state index in [9.17, 15) is 0 Å². The van der Waals surface area contributed by atoms with Crippen molar-refractivity contribution in [3.05, 3.63) is 71.8 Å². The molecule has 3 rings (SSSR count). The van der Waals surface area contributed by atoms with Gasteiger partial charge in [0.2, 0.25) is 0 Å². The lowest BCUT2D eigenvalue weighted by atomic mass is 9.95. The summed E-state index contributed by atoms with van der Waals surface area (Å²) >= 11 is 0. The molecule has 0 amide bonds. The number of piperazine rings is 1. The standard InChI is InChI=1S/C20H26N2/c1-3-21-14-15-22(16-17(21)2)20(18-10-6-4-7-11-18)19-12-8-5-9-13-19/h4-13,17,20H,3,14-16H2,1-2H3/t17-/m1/s1. The van der Waals surface area contributed by atoms with Crippen LogP contribution in [-0.4, -0.2) is 42.0 Å². The van der Waals surface area contributed by atoms with Gasteiger partial charge in [-0.3, -0.25) is 9.80 Å². The highest BCUT2D eigenvalue weighted by Crippen LogP contribution is 2.30. The number of hydrogen-bond acceptors (Lipinski definition) is 2. The van der Waals surface area contributed by atoms with E-state index in [-0.39, 0.29) is 0 Å². The van der Waals surface area contributed by atoms with Crippen molar-refractivity contribution in [3.63, 3.8) is 0 Å². The molecule has 0 aliphatic carbocycles. The van der Waals surface area contributed by atoms with Crippen molar-refractivity contribution in [2.75, 3.05) is 26.2 Å². The molecular formula is C20H26N2. The van der Waals surface area contributed by atoms with Gasteiger partial charge in [0.05, 0.1) is 6.04 Å². The minimum absolute atomic E-state index is 0.365. The van der Waals surface area contributed by atoms with Crippen LogP contribution in [-0.2, 0) is 0 Å². The zero-order valence-corrected chi connectivity index (χ0v) is 13.7. The molecule has 2 heteroatoms. The first-order chi connectivity index (χ1) is 10.8. The molecule has 2 aromatic carbocycles. The molecule has 0 aromatic heterocycles. The summed E-state index contributed by atoms with van der Waals surface area (Å²) in [6.07, 6.45) is 0. The first-order valence-corrected chi connectivity index (χ1v) is 8.37. The fraction of sp³-hybridized carbons (Fsp3) is 0.400. The van der Waals surface area contributed by atoms with Crippen molar-refractivity contribution in [3.8, 4) is 0 Å².